The molecule has 1 heterocycles. The number of carbonyl (C=O) groups excluding carboxylic acids is 1. The third kappa shape index (κ3) is 6.43. The molecule has 1 aliphatic rings. The number of carboxylic acid groups (broad SMARTS) is 1. The van der Waals surface area contributed by atoms with Crippen LogP contribution in [-0.2, 0) is 0 Å². The topological polar surface area (TPSA) is 99.1 Å². The number of aliphatic hydroxyl groups excluding tert-OH is 1. The third-order valence-electron chi connectivity index (χ3n) is 5.00. The highest BCUT2D eigenvalue weighted by Gasteiger charge is 2.21. The maximum atomic E-state index is 12.1. The van der Waals surface area contributed by atoms with Gasteiger partial charge in [-0.15, -0.1) is 0 Å². The van der Waals surface area contributed by atoms with E-state index in [9.17, 15) is 9.59 Å². The van der Waals surface area contributed by atoms with Gasteiger partial charge in [-0.05, 0) is 69.2 Å². The van der Waals surface area contributed by atoms with E-state index in [1.54, 1.807) is 19.1 Å². The number of nitrogens with zero attached hydrogens (tertiary/aromatic N) is 1. The van der Waals surface area contributed by atoms with Gasteiger partial charge >= 0.3 is 6.09 Å². The monoisotopic (exact) mass is 378 g/mol. The Balaban J connectivity index is 1.73. The standard InChI is InChI=1S/C20H30N2O5/c1-14-12-17(5-6-18(14)19(24)21-15(2)13-23)27-11-3-4-16-7-9-22(10-8-16)20(25)26/h5-6,12,15-16,23H,3-4,7-11,13H2,1-2H3,(H,21,24)(H,25,26)/t15-/m1/s1. The highest BCUT2D eigenvalue weighted by atomic mass is 16.5. The number of aryl methyl sites for hydroxylation is 1. The largest absolute Gasteiger partial charge is 0.494 e. The zero-order valence-electron chi connectivity index (χ0n) is 16.1. The molecule has 0 radical (unpaired) electrons. The summed E-state index contributed by atoms with van der Waals surface area (Å²) in [7, 11) is 0. The van der Waals surface area contributed by atoms with Crippen LogP contribution in [0.4, 0.5) is 4.79 Å². The second kappa shape index (κ2) is 10.2. The first-order valence-corrected chi connectivity index (χ1v) is 9.53. The van der Waals surface area contributed by atoms with E-state index in [0.29, 0.717) is 31.2 Å². The fourth-order valence-electron chi connectivity index (χ4n) is 3.30. The molecule has 7 nitrogen and oxygen atoms in total. The molecule has 1 aromatic rings. The summed E-state index contributed by atoms with van der Waals surface area (Å²) in [5.41, 5.74) is 1.41. The SMILES string of the molecule is Cc1cc(OCCCC2CCN(C(=O)O)CC2)ccc1C(=O)N[C@H](C)CO. The van der Waals surface area contributed by atoms with Gasteiger partial charge in [0.25, 0.3) is 5.91 Å². The molecule has 1 aromatic carbocycles. The van der Waals surface area contributed by atoms with Crippen molar-refractivity contribution in [2.24, 2.45) is 5.92 Å². The molecular formula is C20H30N2O5. The van der Waals surface area contributed by atoms with Crippen molar-refractivity contribution in [1.82, 2.24) is 10.2 Å². The lowest BCUT2D eigenvalue weighted by molar-refractivity contribution is 0.0921. The van der Waals surface area contributed by atoms with Crippen LogP contribution >= 0.6 is 0 Å². The van der Waals surface area contributed by atoms with Gasteiger partial charge in [0.15, 0.2) is 0 Å². The number of likely N-dealkylation sites (tertiary alicyclic amines) is 1. The lowest BCUT2D eigenvalue weighted by Crippen LogP contribution is -2.37. The maximum absolute atomic E-state index is 12.1. The predicted octanol–water partition coefficient (Wildman–Crippen LogP) is 2.65. The van der Waals surface area contributed by atoms with E-state index in [0.717, 1.165) is 37.0 Å². The molecule has 0 aromatic heterocycles. The maximum Gasteiger partial charge on any atom is 0.407 e. The first-order chi connectivity index (χ1) is 12.9. The number of benzene rings is 1. The van der Waals surface area contributed by atoms with Crippen LogP contribution in [0.25, 0.3) is 0 Å². The highest BCUT2D eigenvalue weighted by molar-refractivity contribution is 5.95. The lowest BCUT2D eigenvalue weighted by Gasteiger charge is -2.29. The van der Waals surface area contributed by atoms with Crippen LogP contribution in [0, 0.1) is 12.8 Å². The molecule has 1 aliphatic heterocycles. The van der Waals surface area contributed by atoms with E-state index in [4.69, 9.17) is 14.9 Å². The van der Waals surface area contributed by atoms with Crippen molar-refractivity contribution in [1.29, 1.82) is 0 Å². The van der Waals surface area contributed by atoms with E-state index in [1.165, 1.54) is 4.90 Å². The van der Waals surface area contributed by atoms with Gasteiger partial charge in [0, 0.05) is 24.7 Å². The molecule has 2 amide bonds. The number of hydrogen-bond donors (Lipinski definition) is 3. The Morgan fingerprint density at radius 1 is 1.33 bits per heavy atom. The number of rotatable bonds is 8. The molecule has 1 atom stereocenters. The van der Waals surface area contributed by atoms with Crippen LogP contribution in [-0.4, -0.2) is 59.5 Å². The molecule has 2 rings (SSSR count). The Bertz CT molecular complexity index is 641. The van der Waals surface area contributed by atoms with Gasteiger partial charge in [-0.3, -0.25) is 4.79 Å². The minimum absolute atomic E-state index is 0.0959. The molecule has 1 fully saturated rings. The second-order valence-corrected chi connectivity index (χ2v) is 7.24. The van der Waals surface area contributed by atoms with Crippen LogP contribution < -0.4 is 10.1 Å². The Hall–Kier alpha value is -2.28. The van der Waals surface area contributed by atoms with Crippen molar-refractivity contribution in [2.45, 2.75) is 45.6 Å². The van der Waals surface area contributed by atoms with E-state index in [-0.39, 0.29) is 18.6 Å². The molecule has 0 saturated carbocycles. The normalized spacial score (nSPS) is 16.0. The van der Waals surface area contributed by atoms with Crippen LogP contribution in [0.3, 0.4) is 0 Å². The third-order valence-corrected chi connectivity index (χ3v) is 5.00. The summed E-state index contributed by atoms with van der Waals surface area (Å²) in [4.78, 5) is 24.5. The molecule has 150 valence electrons. The van der Waals surface area contributed by atoms with Crippen molar-refractivity contribution in [2.75, 3.05) is 26.3 Å². The van der Waals surface area contributed by atoms with Gasteiger partial charge in [-0.25, -0.2) is 4.79 Å². The molecule has 1 saturated heterocycles. The van der Waals surface area contributed by atoms with Crippen molar-refractivity contribution in [3.63, 3.8) is 0 Å². The predicted molar refractivity (Wildman–Crippen MR) is 102 cm³/mol. The van der Waals surface area contributed by atoms with Crippen LogP contribution in [0.1, 0.15) is 48.5 Å². The van der Waals surface area contributed by atoms with E-state index < -0.39 is 6.09 Å². The second-order valence-electron chi connectivity index (χ2n) is 7.24. The first kappa shape index (κ1) is 21.0. The minimum Gasteiger partial charge on any atom is -0.494 e. The van der Waals surface area contributed by atoms with Gasteiger partial charge in [0.2, 0.25) is 0 Å². The van der Waals surface area contributed by atoms with Gasteiger partial charge in [-0.2, -0.15) is 0 Å². The van der Waals surface area contributed by atoms with Crippen molar-refractivity contribution in [3.8, 4) is 5.75 Å². The minimum atomic E-state index is -0.824. The molecule has 3 N–H and O–H groups in total. The number of aliphatic hydroxyl groups is 1. The lowest BCUT2D eigenvalue weighted by atomic mass is 9.92. The fraction of sp³-hybridized carbons (Fsp3) is 0.600. The summed E-state index contributed by atoms with van der Waals surface area (Å²) in [5, 5.41) is 20.7. The van der Waals surface area contributed by atoms with Gasteiger partial charge in [-0.1, -0.05) is 0 Å². The molecule has 0 bridgehead atoms. The first-order valence-electron chi connectivity index (χ1n) is 9.53. The van der Waals surface area contributed by atoms with E-state index in [1.807, 2.05) is 13.0 Å². The van der Waals surface area contributed by atoms with Crippen LogP contribution in [0.5, 0.6) is 5.75 Å². The number of hydrogen-bond acceptors (Lipinski definition) is 4. The molecule has 0 aliphatic carbocycles. The Morgan fingerprint density at radius 3 is 2.63 bits per heavy atom. The summed E-state index contributed by atoms with van der Waals surface area (Å²) < 4.78 is 5.80. The molecule has 0 unspecified atom stereocenters. The van der Waals surface area contributed by atoms with E-state index in [2.05, 4.69) is 5.32 Å². The Labute approximate surface area is 160 Å². The fourth-order valence-corrected chi connectivity index (χ4v) is 3.30. The summed E-state index contributed by atoms with van der Waals surface area (Å²) in [6.45, 7) is 5.36. The van der Waals surface area contributed by atoms with E-state index >= 15 is 0 Å². The van der Waals surface area contributed by atoms with Crippen LogP contribution in [0.15, 0.2) is 18.2 Å². The van der Waals surface area contributed by atoms with Gasteiger partial charge < -0.3 is 25.2 Å². The van der Waals surface area contributed by atoms with Crippen molar-refractivity contribution in [3.05, 3.63) is 29.3 Å². The smallest absolute Gasteiger partial charge is 0.407 e. The zero-order chi connectivity index (χ0) is 19.8. The van der Waals surface area contributed by atoms with Crippen molar-refractivity contribution >= 4 is 12.0 Å². The van der Waals surface area contributed by atoms with Gasteiger partial charge in [0.1, 0.15) is 5.75 Å². The number of carbonyl (C=O) groups is 2. The van der Waals surface area contributed by atoms with Gasteiger partial charge in [0.05, 0.1) is 13.2 Å². The summed E-state index contributed by atoms with van der Waals surface area (Å²) in [5.74, 6) is 1.10. The number of piperidine rings is 1. The number of ether oxygens (including phenoxy) is 1. The molecular weight excluding hydrogens is 348 g/mol. The molecule has 27 heavy (non-hydrogen) atoms. The highest BCUT2D eigenvalue weighted by Crippen LogP contribution is 2.23. The quantitative estimate of drug-likeness (QED) is 0.604. The molecule has 7 heteroatoms. The molecule has 0 spiro atoms. The summed E-state index contributed by atoms with van der Waals surface area (Å²) in [6, 6.07) is 5.10. The number of nitrogens with one attached hydrogen (secondary N) is 1. The summed E-state index contributed by atoms with van der Waals surface area (Å²) in [6.07, 6.45) is 2.97. The Morgan fingerprint density at radius 2 is 2.04 bits per heavy atom. The average Bonchev–Trinajstić information content (AvgIpc) is 2.65. The summed E-state index contributed by atoms with van der Waals surface area (Å²) >= 11 is 0. The number of amides is 2. The zero-order valence-corrected chi connectivity index (χ0v) is 16.1. The average molecular weight is 378 g/mol. The Kier molecular flexibility index (Phi) is 7.91. The van der Waals surface area contributed by atoms with Crippen molar-refractivity contribution < 1.29 is 24.5 Å². The van der Waals surface area contributed by atoms with Crippen LogP contribution in [0.2, 0.25) is 0 Å².